The van der Waals surface area contributed by atoms with Gasteiger partial charge in [0, 0.05) is 19.2 Å². The quantitative estimate of drug-likeness (QED) is 0.895. The largest absolute Gasteiger partial charge is 0.461 e. The van der Waals surface area contributed by atoms with E-state index in [9.17, 15) is 0 Å². The maximum absolute atomic E-state index is 5.54. The van der Waals surface area contributed by atoms with Crippen molar-refractivity contribution in [2.75, 3.05) is 12.4 Å². The molecular weight excluding hydrogens is 256 g/mol. The van der Waals surface area contributed by atoms with Crippen LogP contribution in [-0.2, 0) is 0 Å². The van der Waals surface area contributed by atoms with Crippen molar-refractivity contribution in [3.05, 3.63) is 18.0 Å². The third kappa shape index (κ3) is 2.71. The van der Waals surface area contributed by atoms with Gasteiger partial charge in [-0.25, -0.2) is 4.68 Å². The van der Waals surface area contributed by atoms with Crippen molar-refractivity contribution < 1.29 is 4.74 Å². The van der Waals surface area contributed by atoms with Crippen molar-refractivity contribution in [2.45, 2.75) is 38.7 Å². The number of anilines is 1. The number of hydrogen-bond acceptors (Lipinski definition) is 6. The van der Waals surface area contributed by atoms with Crippen LogP contribution in [0.4, 0.5) is 5.95 Å². The second kappa shape index (κ2) is 5.07. The lowest BCUT2D eigenvalue weighted by molar-refractivity contribution is 0.221. The van der Waals surface area contributed by atoms with E-state index in [1.165, 1.54) is 12.8 Å². The van der Waals surface area contributed by atoms with Crippen LogP contribution in [0.25, 0.3) is 5.95 Å². The van der Waals surface area contributed by atoms with Crippen LogP contribution < -0.4 is 10.1 Å². The summed E-state index contributed by atoms with van der Waals surface area (Å²) < 4.78 is 7.21. The van der Waals surface area contributed by atoms with Crippen molar-refractivity contribution in [3.8, 4) is 12.0 Å². The van der Waals surface area contributed by atoms with Crippen LogP contribution in [0, 0.1) is 0 Å². The second-order valence-electron chi connectivity index (χ2n) is 5.12. The van der Waals surface area contributed by atoms with Crippen LogP contribution in [0.3, 0.4) is 0 Å². The lowest BCUT2D eigenvalue weighted by atomic mass is 10.3. The summed E-state index contributed by atoms with van der Waals surface area (Å²) in [5, 5.41) is 7.43. The molecule has 0 aromatic carbocycles. The minimum absolute atomic E-state index is 0.00889. The molecule has 2 aromatic heterocycles. The van der Waals surface area contributed by atoms with Crippen molar-refractivity contribution in [1.82, 2.24) is 24.7 Å². The molecule has 0 aliphatic heterocycles. The van der Waals surface area contributed by atoms with Crippen LogP contribution in [0.2, 0.25) is 0 Å². The fourth-order valence-corrected chi connectivity index (χ4v) is 1.87. The smallest absolute Gasteiger partial charge is 0.323 e. The molecule has 0 saturated heterocycles. The number of aromatic nitrogens is 5. The van der Waals surface area contributed by atoms with E-state index in [4.69, 9.17) is 4.74 Å². The molecule has 1 saturated carbocycles. The molecule has 1 fully saturated rings. The fraction of sp³-hybridized carbons (Fsp3) is 0.538. The molecule has 7 heteroatoms. The predicted molar refractivity (Wildman–Crippen MR) is 74.2 cm³/mol. The summed E-state index contributed by atoms with van der Waals surface area (Å²) in [5.41, 5.74) is 1.10. The maximum atomic E-state index is 5.54. The second-order valence-corrected chi connectivity index (χ2v) is 5.12. The zero-order valence-corrected chi connectivity index (χ0v) is 11.9. The molecule has 20 heavy (non-hydrogen) atoms. The molecule has 0 unspecified atom stereocenters. The van der Waals surface area contributed by atoms with E-state index < -0.39 is 0 Å². The first-order valence-electron chi connectivity index (χ1n) is 6.82. The van der Waals surface area contributed by atoms with E-state index in [2.05, 4.69) is 25.4 Å². The van der Waals surface area contributed by atoms with Crippen molar-refractivity contribution >= 4 is 5.95 Å². The molecule has 1 N–H and O–H groups in total. The van der Waals surface area contributed by atoms with Crippen LogP contribution in [0.5, 0.6) is 6.01 Å². The molecule has 0 amide bonds. The van der Waals surface area contributed by atoms with Crippen molar-refractivity contribution in [1.29, 1.82) is 0 Å². The summed E-state index contributed by atoms with van der Waals surface area (Å²) in [6.45, 7) is 3.86. The average molecular weight is 274 g/mol. The van der Waals surface area contributed by atoms with Gasteiger partial charge in [-0.05, 0) is 32.8 Å². The molecule has 0 spiro atoms. The zero-order chi connectivity index (χ0) is 14.1. The van der Waals surface area contributed by atoms with Gasteiger partial charge in [0.05, 0.1) is 11.8 Å². The van der Waals surface area contributed by atoms with Gasteiger partial charge >= 0.3 is 6.01 Å². The first-order valence-corrected chi connectivity index (χ1v) is 6.82. The summed E-state index contributed by atoms with van der Waals surface area (Å²) in [6, 6.07) is 2.32. The summed E-state index contributed by atoms with van der Waals surface area (Å²) in [6.07, 6.45) is 4.33. The molecular formula is C13H18N6O. The highest BCUT2D eigenvalue weighted by Crippen LogP contribution is 2.38. The van der Waals surface area contributed by atoms with Gasteiger partial charge in [0.2, 0.25) is 5.95 Å². The lowest BCUT2D eigenvalue weighted by Gasteiger charge is -2.10. The monoisotopic (exact) mass is 274 g/mol. The minimum Gasteiger partial charge on any atom is -0.461 e. The van der Waals surface area contributed by atoms with E-state index in [0.717, 1.165) is 5.69 Å². The maximum Gasteiger partial charge on any atom is 0.323 e. The molecule has 0 bridgehead atoms. The summed E-state index contributed by atoms with van der Waals surface area (Å²) >= 11 is 0. The lowest BCUT2D eigenvalue weighted by Crippen LogP contribution is -2.13. The van der Waals surface area contributed by atoms with Crippen molar-refractivity contribution in [2.24, 2.45) is 0 Å². The van der Waals surface area contributed by atoms with E-state index in [1.54, 1.807) is 11.7 Å². The highest BCUT2D eigenvalue weighted by molar-refractivity contribution is 5.29. The highest BCUT2D eigenvalue weighted by atomic mass is 16.5. The van der Waals surface area contributed by atoms with Gasteiger partial charge < -0.3 is 10.1 Å². The molecule has 2 aromatic rings. The van der Waals surface area contributed by atoms with E-state index >= 15 is 0 Å². The Bertz CT molecular complexity index is 605. The molecule has 0 radical (unpaired) electrons. The van der Waals surface area contributed by atoms with E-state index in [1.807, 2.05) is 26.1 Å². The number of hydrogen-bond donors (Lipinski definition) is 1. The Labute approximate surface area is 117 Å². The Morgan fingerprint density at radius 1 is 1.30 bits per heavy atom. The first kappa shape index (κ1) is 12.8. The Kier molecular flexibility index (Phi) is 3.25. The number of ether oxygens (including phenoxy) is 1. The third-order valence-electron chi connectivity index (χ3n) is 2.98. The van der Waals surface area contributed by atoms with Crippen molar-refractivity contribution in [3.63, 3.8) is 0 Å². The minimum atomic E-state index is 0.00889. The van der Waals surface area contributed by atoms with Gasteiger partial charge in [-0.15, -0.1) is 0 Å². The normalized spacial score (nSPS) is 14.6. The molecule has 1 aliphatic rings. The Morgan fingerprint density at radius 2 is 2.10 bits per heavy atom. The van der Waals surface area contributed by atoms with Gasteiger partial charge in [-0.1, -0.05) is 0 Å². The number of nitrogens with zero attached hydrogens (tertiary/aromatic N) is 5. The van der Waals surface area contributed by atoms with Gasteiger partial charge in [0.15, 0.2) is 0 Å². The van der Waals surface area contributed by atoms with Gasteiger partial charge in [-0.3, -0.25) is 0 Å². The predicted octanol–water partition coefficient (Wildman–Crippen LogP) is 1.76. The molecule has 0 atom stereocenters. The Balaban J connectivity index is 1.93. The van der Waals surface area contributed by atoms with Crippen LogP contribution >= 0.6 is 0 Å². The third-order valence-corrected chi connectivity index (χ3v) is 2.98. The van der Waals surface area contributed by atoms with Crippen LogP contribution in [0.15, 0.2) is 12.3 Å². The fourth-order valence-electron chi connectivity index (χ4n) is 1.87. The number of rotatable bonds is 5. The highest BCUT2D eigenvalue weighted by Gasteiger charge is 2.26. The number of nitrogens with one attached hydrogen (secondary N) is 1. The summed E-state index contributed by atoms with van der Waals surface area (Å²) in [5.74, 6) is 1.54. The Hall–Kier alpha value is -2.18. The zero-order valence-electron chi connectivity index (χ0n) is 11.9. The standard InChI is InChI=1S/C13H18N6O/c1-8(2)20-13-16-11(14-3)15-12(17-13)19-7-6-10(18-19)9-4-5-9/h6-9H,4-5H2,1-3H3,(H,14,15,16,17). The van der Waals surface area contributed by atoms with E-state index in [0.29, 0.717) is 23.8 Å². The van der Waals surface area contributed by atoms with Gasteiger partial charge in [-0.2, -0.15) is 20.1 Å². The SMILES string of the molecule is CNc1nc(OC(C)C)nc(-n2ccc(C3CC3)n2)n1. The van der Waals surface area contributed by atoms with Crippen LogP contribution in [0.1, 0.15) is 38.3 Å². The summed E-state index contributed by atoms with van der Waals surface area (Å²) in [7, 11) is 1.76. The first-order chi connectivity index (χ1) is 9.65. The Morgan fingerprint density at radius 3 is 2.75 bits per heavy atom. The summed E-state index contributed by atoms with van der Waals surface area (Å²) in [4.78, 5) is 12.8. The van der Waals surface area contributed by atoms with Gasteiger partial charge in [0.1, 0.15) is 0 Å². The molecule has 106 valence electrons. The average Bonchev–Trinajstić information content (AvgIpc) is 3.15. The topological polar surface area (TPSA) is 77.8 Å². The molecule has 2 heterocycles. The molecule has 1 aliphatic carbocycles. The molecule has 7 nitrogen and oxygen atoms in total. The molecule has 3 rings (SSSR count). The van der Waals surface area contributed by atoms with Crippen LogP contribution in [-0.4, -0.2) is 37.9 Å². The van der Waals surface area contributed by atoms with Gasteiger partial charge in [0.25, 0.3) is 5.95 Å². The van der Waals surface area contributed by atoms with E-state index in [-0.39, 0.29) is 6.10 Å².